The number of ether oxygens (including phenoxy) is 1. The fourth-order valence-corrected chi connectivity index (χ4v) is 3.19. The standard InChI is InChI=1S/C14H15FN2O3S/c1-9-7-10(16)3-6-14(9)21(18,19)17-11-4-5-13(20-2)12(15)8-11/h3-8,17H,16H2,1-2H3. The van der Waals surface area contributed by atoms with Crippen molar-refractivity contribution in [2.75, 3.05) is 17.6 Å². The van der Waals surface area contributed by atoms with E-state index in [1.807, 2.05) is 0 Å². The van der Waals surface area contributed by atoms with E-state index in [2.05, 4.69) is 4.72 Å². The van der Waals surface area contributed by atoms with Crippen LogP contribution in [0.4, 0.5) is 15.8 Å². The van der Waals surface area contributed by atoms with Gasteiger partial charge in [0.15, 0.2) is 11.6 Å². The highest BCUT2D eigenvalue weighted by molar-refractivity contribution is 7.92. The minimum atomic E-state index is -3.81. The van der Waals surface area contributed by atoms with Crippen LogP contribution in [0.25, 0.3) is 0 Å². The molecule has 0 aliphatic rings. The number of nitrogen functional groups attached to an aromatic ring is 1. The summed E-state index contributed by atoms with van der Waals surface area (Å²) in [5.41, 5.74) is 6.70. The number of hydrogen-bond acceptors (Lipinski definition) is 4. The lowest BCUT2D eigenvalue weighted by Crippen LogP contribution is -2.14. The van der Waals surface area contributed by atoms with E-state index in [1.165, 1.54) is 31.4 Å². The highest BCUT2D eigenvalue weighted by Crippen LogP contribution is 2.24. The summed E-state index contributed by atoms with van der Waals surface area (Å²) in [7, 11) is -2.48. The molecule has 0 unspecified atom stereocenters. The molecule has 7 heteroatoms. The van der Waals surface area contributed by atoms with Gasteiger partial charge in [0.2, 0.25) is 0 Å². The van der Waals surface area contributed by atoms with Crippen LogP contribution in [0, 0.1) is 12.7 Å². The van der Waals surface area contributed by atoms with Gasteiger partial charge in [-0.05, 0) is 42.8 Å². The first-order valence-electron chi connectivity index (χ1n) is 6.06. The average molecular weight is 310 g/mol. The lowest BCUT2D eigenvalue weighted by molar-refractivity contribution is 0.386. The van der Waals surface area contributed by atoms with E-state index >= 15 is 0 Å². The van der Waals surface area contributed by atoms with E-state index < -0.39 is 15.8 Å². The van der Waals surface area contributed by atoms with Gasteiger partial charge in [0.25, 0.3) is 10.0 Å². The molecule has 3 N–H and O–H groups in total. The van der Waals surface area contributed by atoms with Crippen molar-refractivity contribution in [2.24, 2.45) is 0 Å². The van der Waals surface area contributed by atoms with Gasteiger partial charge in [-0.25, -0.2) is 12.8 Å². The number of anilines is 2. The quantitative estimate of drug-likeness (QED) is 0.850. The van der Waals surface area contributed by atoms with Crippen LogP contribution < -0.4 is 15.2 Å². The van der Waals surface area contributed by atoms with Crippen molar-refractivity contribution in [2.45, 2.75) is 11.8 Å². The summed E-state index contributed by atoms with van der Waals surface area (Å²) in [5.74, 6) is -0.603. The topological polar surface area (TPSA) is 81.4 Å². The summed E-state index contributed by atoms with van der Waals surface area (Å²) in [6.45, 7) is 1.64. The van der Waals surface area contributed by atoms with E-state index in [1.54, 1.807) is 13.0 Å². The Morgan fingerprint density at radius 3 is 2.48 bits per heavy atom. The van der Waals surface area contributed by atoms with Crippen LogP contribution in [-0.2, 0) is 10.0 Å². The van der Waals surface area contributed by atoms with Crippen LogP contribution >= 0.6 is 0 Å². The molecule has 0 aromatic heterocycles. The van der Waals surface area contributed by atoms with Gasteiger partial charge in [-0.15, -0.1) is 0 Å². The number of halogens is 1. The zero-order valence-electron chi connectivity index (χ0n) is 11.6. The first-order chi connectivity index (χ1) is 9.83. The maximum absolute atomic E-state index is 13.6. The number of methoxy groups -OCH3 is 1. The highest BCUT2D eigenvalue weighted by atomic mass is 32.2. The van der Waals surface area contributed by atoms with E-state index in [4.69, 9.17) is 10.5 Å². The molecule has 112 valence electrons. The van der Waals surface area contributed by atoms with Crippen LogP contribution in [0.5, 0.6) is 5.75 Å². The molecule has 0 bridgehead atoms. The van der Waals surface area contributed by atoms with Crippen LogP contribution in [0.15, 0.2) is 41.3 Å². The molecule has 0 amide bonds. The van der Waals surface area contributed by atoms with Gasteiger partial charge < -0.3 is 10.5 Å². The predicted octanol–water partition coefficient (Wildman–Crippen LogP) is 2.53. The van der Waals surface area contributed by atoms with Crippen molar-refractivity contribution in [3.63, 3.8) is 0 Å². The van der Waals surface area contributed by atoms with Crippen molar-refractivity contribution < 1.29 is 17.5 Å². The molecule has 21 heavy (non-hydrogen) atoms. The molecule has 0 aliphatic carbocycles. The SMILES string of the molecule is COc1ccc(NS(=O)(=O)c2ccc(N)cc2C)cc1F. The van der Waals surface area contributed by atoms with Gasteiger partial charge in [0, 0.05) is 11.8 Å². The van der Waals surface area contributed by atoms with Gasteiger partial charge in [-0.2, -0.15) is 0 Å². The predicted molar refractivity (Wildman–Crippen MR) is 79.4 cm³/mol. The Hall–Kier alpha value is -2.28. The van der Waals surface area contributed by atoms with E-state index in [-0.39, 0.29) is 16.3 Å². The summed E-state index contributed by atoms with van der Waals surface area (Å²) in [6, 6.07) is 8.30. The fourth-order valence-electron chi connectivity index (χ4n) is 1.91. The maximum atomic E-state index is 13.6. The minimum absolute atomic E-state index is 0.0432. The number of nitrogens with one attached hydrogen (secondary N) is 1. The van der Waals surface area contributed by atoms with Crippen LogP contribution in [0.2, 0.25) is 0 Å². The molecule has 5 nitrogen and oxygen atoms in total. The number of nitrogens with two attached hydrogens (primary N) is 1. The smallest absolute Gasteiger partial charge is 0.262 e. The number of hydrogen-bond donors (Lipinski definition) is 2. The maximum Gasteiger partial charge on any atom is 0.262 e. The molecule has 0 atom stereocenters. The Kier molecular flexibility index (Phi) is 4.04. The molecule has 0 heterocycles. The van der Waals surface area contributed by atoms with Gasteiger partial charge in [0.05, 0.1) is 17.7 Å². The summed E-state index contributed by atoms with van der Waals surface area (Å²) in [6.07, 6.45) is 0. The number of benzene rings is 2. The molecule has 2 aromatic carbocycles. The number of rotatable bonds is 4. The van der Waals surface area contributed by atoms with Crippen molar-refractivity contribution >= 4 is 21.4 Å². The highest BCUT2D eigenvalue weighted by Gasteiger charge is 2.17. The molecule has 0 spiro atoms. The summed E-state index contributed by atoms with van der Waals surface area (Å²) in [4.78, 5) is 0.0907. The Morgan fingerprint density at radius 2 is 1.90 bits per heavy atom. The van der Waals surface area contributed by atoms with Crippen molar-refractivity contribution in [3.8, 4) is 5.75 Å². The number of sulfonamides is 1. The fraction of sp³-hybridized carbons (Fsp3) is 0.143. The molecule has 2 aromatic rings. The lowest BCUT2D eigenvalue weighted by atomic mass is 10.2. The van der Waals surface area contributed by atoms with Crippen LogP contribution in [0.1, 0.15) is 5.56 Å². The third kappa shape index (κ3) is 3.25. The molecule has 0 saturated heterocycles. The zero-order valence-corrected chi connectivity index (χ0v) is 12.4. The van der Waals surface area contributed by atoms with Crippen LogP contribution in [-0.4, -0.2) is 15.5 Å². The Balaban J connectivity index is 2.35. The Morgan fingerprint density at radius 1 is 1.19 bits per heavy atom. The second kappa shape index (κ2) is 5.61. The van der Waals surface area contributed by atoms with Gasteiger partial charge in [-0.1, -0.05) is 0 Å². The summed E-state index contributed by atoms with van der Waals surface area (Å²) < 4.78 is 45.3. The van der Waals surface area contributed by atoms with E-state index in [0.717, 1.165) is 6.07 Å². The van der Waals surface area contributed by atoms with Gasteiger partial charge in [0.1, 0.15) is 0 Å². The second-order valence-electron chi connectivity index (χ2n) is 4.48. The van der Waals surface area contributed by atoms with Crippen molar-refractivity contribution in [3.05, 3.63) is 47.8 Å². The molecular weight excluding hydrogens is 295 g/mol. The molecule has 0 saturated carbocycles. The van der Waals surface area contributed by atoms with E-state index in [0.29, 0.717) is 11.3 Å². The minimum Gasteiger partial charge on any atom is -0.494 e. The largest absolute Gasteiger partial charge is 0.494 e. The normalized spacial score (nSPS) is 11.2. The van der Waals surface area contributed by atoms with Crippen molar-refractivity contribution in [1.82, 2.24) is 0 Å². The monoisotopic (exact) mass is 310 g/mol. The summed E-state index contributed by atoms with van der Waals surface area (Å²) in [5, 5.41) is 0. The summed E-state index contributed by atoms with van der Waals surface area (Å²) >= 11 is 0. The third-order valence-electron chi connectivity index (χ3n) is 2.89. The average Bonchev–Trinajstić information content (AvgIpc) is 2.37. The van der Waals surface area contributed by atoms with E-state index in [9.17, 15) is 12.8 Å². The second-order valence-corrected chi connectivity index (χ2v) is 6.13. The third-order valence-corrected chi connectivity index (χ3v) is 4.43. The first kappa shape index (κ1) is 15.1. The Labute approximate surface area is 122 Å². The zero-order chi connectivity index (χ0) is 15.6. The van der Waals surface area contributed by atoms with Crippen LogP contribution in [0.3, 0.4) is 0 Å². The van der Waals surface area contributed by atoms with Gasteiger partial charge >= 0.3 is 0 Å². The van der Waals surface area contributed by atoms with Gasteiger partial charge in [-0.3, -0.25) is 4.72 Å². The molecule has 0 radical (unpaired) electrons. The lowest BCUT2D eigenvalue weighted by Gasteiger charge is -2.11. The van der Waals surface area contributed by atoms with Crippen molar-refractivity contribution in [1.29, 1.82) is 0 Å². The molecular formula is C14H15FN2O3S. The first-order valence-corrected chi connectivity index (χ1v) is 7.54. The molecule has 0 fully saturated rings. The molecule has 2 rings (SSSR count). The Bertz CT molecular complexity index is 776. The molecule has 0 aliphatic heterocycles. The number of aryl methyl sites for hydroxylation is 1.